The Labute approximate surface area is 141 Å². The largest absolute Gasteiger partial charge is 0.347 e. The third kappa shape index (κ3) is 4.09. The van der Waals surface area contributed by atoms with Gasteiger partial charge in [0, 0.05) is 31.2 Å². The smallest absolute Gasteiger partial charge is 0.244 e. The molecule has 1 unspecified atom stereocenters. The Balaban J connectivity index is 2.34. The van der Waals surface area contributed by atoms with E-state index in [1.54, 1.807) is 33.3 Å². The van der Waals surface area contributed by atoms with Gasteiger partial charge in [-0.1, -0.05) is 48.0 Å². The number of nitrogens with zero attached hydrogens (tertiary/aromatic N) is 2. The summed E-state index contributed by atoms with van der Waals surface area (Å²) in [4.78, 5) is 15.9. The molecular formula is C18H20ClFN2O. The quantitative estimate of drug-likeness (QED) is 0.831. The van der Waals surface area contributed by atoms with Gasteiger partial charge in [-0.25, -0.2) is 4.39 Å². The molecule has 0 N–H and O–H groups in total. The first-order chi connectivity index (χ1) is 10.9. The highest BCUT2D eigenvalue weighted by Gasteiger charge is 2.27. The van der Waals surface area contributed by atoms with Crippen molar-refractivity contribution in [1.82, 2.24) is 9.80 Å². The molecule has 0 fully saturated rings. The summed E-state index contributed by atoms with van der Waals surface area (Å²) in [6.07, 6.45) is 0. The molecule has 0 saturated heterocycles. The fraction of sp³-hybridized carbons (Fsp3) is 0.278. The Morgan fingerprint density at radius 3 is 2.30 bits per heavy atom. The Morgan fingerprint density at radius 1 is 1.09 bits per heavy atom. The number of benzene rings is 2. The number of amides is 1. The van der Waals surface area contributed by atoms with Gasteiger partial charge in [0.1, 0.15) is 11.9 Å². The van der Waals surface area contributed by atoms with Crippen molar-refractivity contribution in [1.29, 1.82) is 0 Å². The van der Waals surface area contributed by atoms with Crippen molar-refractivity contribution in [2.24, 2.45) is 0 Å². The Kier molecular flexibility index (Phi) is 5.74. The first-order valence-electron chi connectivity index (χ1n) is 7.31. The molecule has 1 atom stereocenters. The van der Waals surface area contributed by atoms with E-state index in [0.29, 0.717) is 10.6 Å². The van der Waals surface area contributed by atoms with Crippen molar-refractivity contribution in [2.45, 2.75) is 12.6 Å². The third-order valence-corrected chi connectivity index (χ3v) is 4.05. The second-order valence-electron chi connectivity index (χ2n) is 5.66. The molecule has 2 rings (SSSR count). The number of likely N-dealkylation sites (N-methyl/N-ethyl adjacent to an activating group) is 2. The highest BCUT2D eigenvalue weighted by molar-refractivity contribution is 6.31. The van der Waals surface area contributed by atoms with E-state index >= 15 is 0 Å². The number of hydrogen-bond donors (Lipinski definition) is 0. The zero-order valence-electron chi connectivity index (χ0n) is 13.5. The molecule has 122 valence electrons. The van der Waals surface area contributed by atoms with Gasteiger partial charge in [-0.05, 0) is 24.7 Å². The normalized spacial score (nSPS) is 12.3. The van der Waals surface area contributed by atoms with Crippen LogP contribution in [-0.2, 0) is 11.3 Å². The number of carbonyl (C=O) groups excluding carboxylic acids is 1. The lowest BCUT2D eigenvalue weighted by molar-refractivity contribution is -0.134. The lowest BCUT2D eigenvalue weighted by Crippen LogP contribution is -2.38. The number of halogens is 2. The summed E-state index contributed by atoms with van der Waals surface area (Å²) >= 11 is 6.10. The van der Waals surface area contributed by atoms with Crippen LogP contribution in [0.3, 0.4) is 0 Å². The Hall–Kier alpha value is -1.91. The lowest BCUT2D eigenvalue weighted by Gasteiger charge is -2.30. The van der Waals surface area contributed by atoms with Crippen molar-refractivity contribution >= 4 is 17.5 Å². The summed E-state index contributed by atoms with van der Waals surface area (Å²) < 4.78 is 14.0. The standard InChI is InChI=1S/C18H20ClFN2O/c1-21(2)18(23)17(13-8-5-4-6-9-13)22(3)12-14-15(19)10-7-11-16(14)20/h4-11,17H,12H2,1-3H3. The van der Waals surface area contributed by atoms with Crippen molar-refractivity contribution in [3.8, 4) is 0 Å². The average Bonchev–Trinajstić information content (AvgIpc) is 2.52. The van der Waals surface area contributed by atoms with E-state index in [4.69, 9.17) is 11.6 Å². The number of hydrogen-bond acceptors (Lipinski definition) is 2. The van der Waals surface area contributed by atoms with E-state index < -0.39 is 6.04 Å². The molecule has 0 heterocycles. The predicted molar refractivity (Wildman–Crippen MR) is 90.8 cm³/mol. The van der Waals surface area contributed by atoms with Crippen LogP contribution < -0.4 is 0 Å². The first-order valence-corrected chi connectivity index (χ1v) is 7.69. The van der Waals surface area contributed by atoms with Gasteiger partial charge in [-0.15, -0.1) is 0 Å². The van der Waals surface area contributed by atoms with E-state index in [-0.39, 0.29) is 18.3 Å². The third-order valence-electron chi connectivity index (χ3n) is 3.70. The minimum Gasteiger partial charge on any atom is -0.347 e. The topological polar surface area (TPSA) is 23.6 Å². The Bertz CT molecular complexity index is 656. The van der Waals surface area contributed by atoms with Crippen LogP contribution in [0.2, 0.25) is 5.02 Å². The van der Waals surface area contributed by atoms with Crippen molar-refractivity contribution < 1.29 is 9.18 Å². The van der Waals surface area contributed by atoms with Crippen LogP contribution in [0.25, 0.3) is 0 Å². The number of carbonyl (C=O) groups is 1. The zero-order chi connectivity index (χ0) is 17.0. The van der Waals surface area contributed by atoms with Crippen molar-refractivity contribution in [2.75, 3.05) is 21.1 Å². The fourth-order valence-corrected chi connectivity index (χ4v) is 2.71. The molecular weight excluding hydrogens is 315 g/mol. The molecule has 3 nitrogen and oxygen atoms in total. The predicted octanol–water partition coefficient (Wildman–Crippen LogP) is 3.74. The summed E-state index contributed by atoms with van der Waals surface area (Å²) in [6, 6.07) is 13.6. The molecule has 2 aromatic rings. The molecule has 0 bridgehead atoms. The molecule has 5 heteroatoms. The molecule has 0 saturated carbocycles. The van der Waals surface area contributed by atoms with E-state index in [1.165, 1.54) is 11.0 Å². The molecule has 0 radical (unpaired) electrons. The van der Waals surface area contributed by atoms with Crippen LogP contribution >= 0.6 is 11.6 Å². The molecule has 0 aromatic heterocycles. The molecule has 0 spiro atoms. The van der Waals surface area contributed by atoms with Gasteiger partial charge < -0.3 is 4.90 Å². The van der Waals surface area contributed by atoms with E-state index in [2.05, 4.69) is 0 Å². The van der Waals surface area contributed by atoms with Gasteiger partial charge in [0.15, 0.2) is 0 Å². The average molecular weight is 335 g/mol. The maximum atomic E-state index is 14.0. The second-order valence-corrected chi connectivity index (χ2v) is 6.07. The second kappa shape index (κ2) is 7.57. The van der Waals surface area contributed by atoms with Gasteiger partial charge in [0.25, 0.3) is 0 Å². The molecule has 2 aromatic carbocycles. The van der Waals surface area contributed by atoms with Crippen LogP contribution in [0.15, 0.2) is 48.5 Å². The molecule has 0 aliphatic rings. The highest BCUT2D eigenvalue weighted by atomic mass is 35.5. The van der Waals surface area contributed by atoms with Gasteiger partial charge >= 0.3 is 0 Å². The minimum atomic E-state index is -0.498. The van der Waals surface area contributed by atoms with Gasteiger partial charge in [-0.2, -0.15) is 0 Å². The lowest BCUT2D eigenvalue weighted by atomic mass is 10.0. The van der Waals surface area contributed by atoms with Crippen LogP contribution in [0, 0.1) is 5.82 Å². The first kappa shape index (κ1) is 17.4. The van der Waals surface area contributed by atoms with E-state index in [1.807, 2.05) is 35.2 Å². The van der Waals surface area contributed by atoms with E-state index in [9.17, 15) is 9.18 Å². The van der Waals surface area contributed by atoms with Crippen LogP contribution in [-0.4, -0.2) is 36.9 Å². The maximum absolute atomic E-state index is 14.0. The molecule has 1 amide bonds. The summed E-state index contributed by atoms with van der Waals surface area (Å²) in [5.41, 5.74) is 1.25. The fourth-order valence-electron chi connectivity index (χ4n) is 2.49. The summed E-state index contributed by atoms with van der Waals surface area (Å²) in [7, 11) is 5.21. The maximum Gasteiger partial charge on any atom is 0.244 e. The highest BCUT2D eigenvalue weighted by Crippen LogP contribution is 2.26. The molecule has 23 heavy (non-hydrogen) atoms. The Morgan fingerprint density at radius 2 is 1.74 bits per heavy atom. The molecule has 0 aliphatic carbocycles. The van der Waals surface area contributed by atoms with Crippen LogP contribution in [0.5, 0.6) is 0 Å². The minimum absolute atomic E-state index is 0.0637. The van der Waals surface area contributed by atoms with Crippen molar-refractivity contribution in [3.63, 3.8) is 0 Å². The van der Waals surface area contributed by atoms with Crippen molar-refractivity contribution in [3.05, 3.63) is 70.5 Å². The monoisotopic (exact) mass is 334 g/mol. The van der Waals surface area contributed by atoms with Gasteiger partial charge in [-0.3, -0.25) is 9.69 Å². The zero-order valence-corrected chi connectivity index (χ0v) is 14.2. The number of rotatable bonds is 5. The molecule has 0 aliphatic heterocycles. The SMILES string of the molecule is CN(C)C(=O)C(c1ccccc1)N(C)Cc1c(F)cccc1Cl. The van der Waals surface area contributed by atoms with Gasteiger partial charge in [0.2, 0.25) is 5.91 Å². The summed E-state index contributed by atoms with van der Waals surface area (Å²) in [5.74, 6) is -0.431. The van der Waals surface area contributed by atoms with Crippen LogP contribution in [0.1, 0.15) is 17.2 Å². The van der Waals surface area contributed by atoms with E-state index in [0.717, 1.165) is 5.56 Å². The summed E-state index contributed by atoms with van der Waals surface area (Å²) in [6.45, 7) is 0.241. The van der Waals surface area contributed by atoms with Gasteiger partial charge in [0.05, 0.1) is 0 Å². The summed E-state index contributed by atoms with van der Waals surface area (Å²) in [5, 5.41) is 0.362. The van der Waals surface area contributed by atoms with Crippen LogP contribution in [0.4, 0.5) is 4.39 Å².